The number of rotatable bonds is 5. The highest BCUT2D eigenvalue weighted by molar-refractivity contribution is 6.13. The highest BCUT2D eigenvalue weighted by atomic mass is 14.8. The maximum absolute atomic E-state index is 5.01. The number of allylic oxidation sites excluding steroid dienone is 9. The highest BCUT2D eigenvalue weighted by Gasteiger charge is 2.19. The Kier molecular flexibility index (Phi) is 7.14. The Morgan fingerprint density at radius 2 is 1.81 bits per heavy atom. The van der Waals surface area contributed by atoms with Gasteiger partial charge in [0.2, 0.25) is 0 Å². The predicted molar refractivity (Wildman–Crippen MR) is 95.7 cm³/mol. The van der Waals surface area contributed by atoms with Gasteiger partial charge in [0.25, 0.3) is 0 Å². The average molecular weight is 283 g/mol. The van der Waals surface area contributed by atoms with Crippen molar-refractivity contribution in [2.45, 2.75) is 60.8 Å². The molecule has 1 aliphatic heterocycles. The first-order valence-electron chi connectivity index (χ1n) is 8.03. The molecule has 0 atom stereocenters. The summed E-state index contributed by atoms with van der Waals surface area (Å²) in [6, 6.07) is 0. The highest BCUT2D eigenvalue weighted by Crippen LogP contribution is 2.31. The van der Waals surface area contributed by atoms with Crippen LogP contribution in [0.25, 0.3) is 0 Å². The van der Waals surface area contributed by atoms with Crippen molar-refractivity contribution in [3.8, 4) is 0 Å². The molecule has 0 fully saturated rings. The lowest BCUT2D eigenvalue weighted by atomic mass is 9.89. The zero-order valence-corrected chi connectivity index (χ0v) is 14.5. The lowest BCUT2D eigenvalue weighted by Crippen LogP contribution is -2.12. The van der Waals surface area contributed by atoms with Gasteiger partial charge in [-0.25, -0.2) is 4.99 Å². The van der Waals surface area contributed by atoms with Crippen molar-refractivity contribution < 1.29 is 0 Å². The first-order chi connectivity index (χ1) is 10.1. The molecule has 1 aliphatic rings. The Bertz CT molecular complexity index is 548. The Balaban J connectivity index is 3.48. The molecular weight excluding hydrogens is 254 g/mol. The predicted octanol–water partition coefficient (Wildman–Crippen LogP) is 6.32. The van der Waals surface area contributed by atoms with Crippen LogP contribution in [0.3, 0.4) is 0 Å². The summed E-state index contributed by atoms with van der Waals surface area (Å²) < 4.78 is 0. The third kappa shape index (κ3) is 4.42. The summed E-state index contributed by atoms with van der Waals surface area (Å²) in [5, 5.41) is 0. The van der Waals surface area contributed by atoms with Crippen LogP contribution in [0.4, 0.5) is 0 Å². The largest absolute Gasteiger partial charge is 0.248 e. The van der Waals surface area contributed by atoms with Gasteiger partial charge in [0.15, 0.2) is 0 Å². The van der Waals surface area contributed by atoms with E-state index in [2.05, 4.69) is 71.9 Å². The van der Waals surface area contributed by atoms with Gasteiger partial charge in [-0.3, -0.25) is 0 Å². The molecule has 0 unspecified atom stereocenters. The Hall–Kier alpha value is -1.63. The minimum atomic E-state index is 0.979. The van der Waals surface area contributed by atoms with E-state index >= 15 is 0 Å². The van der Waals surface area contributed by atoms with Gasteiger partial charge in [0.05, 0.1) is 11.4 Å². The molecule has 21 heavy (non-hydrogen) atoms. The van der Waals surface area contributed by atoms with Gasteiger partial charge >= 0.3 is 0 Å². The fourth-order valence-electron chi connectivity index (χ4n) is 2.60. The second-order valence-corrected chi connectivity index (χ2v) is 5.42. The van der Waals surface area contributed by atoms with E-state index in [1.807, 2.05) is 0 Å². The average Bonchev–Trinajstić information content (AvgIpc) is 2.47. The summed E-state index contributed by atoms with van der Waals surface area (Å²) >= 11 is 0. The molecule has 1 heteroatoms. The number of nitrogens with zero attached hydrogens (tertiary/aromatic N) is 1. The second kappa shape index (κ2) is 8.61. The quantitative estimate of drug-likeness (QED) is 0.560. The van der Waals surface area contributed by atoms with E-state index in [-0.39, 0.29) is 0 Å². The van der Waals surface area contributed by atoms with Crippen LogP contribution in [0.1, 0.15) is 60.8 Å². The van der Waals surface area contributed by atoms with Crippen molar-refractivity contribution in [1.82, 2.24) is 0 Å². The standard InChI is InChI=1S/C20H29N/c1-7-11-16(6)20-18(13-9-3)14-17(12-8-2)19(21-20)15(5)10-4/h8,10-13H,7,9,14H2,1-6H3/b12-8-,15-10?,16-11?,18-13-. The molecule has 0 saturated carbocycles. The zero-order valence-electron chi connectivity index (χ0n) is 14.5. The van der Waals surface area contributed by atoms with Crippen molar-refractivity contribution in [1.29, 1.82) is 0 Å². The fourth-order valence-corrected chi connectivity index (χ4v) is 2.60. The van der Waals surface area contributed by atoms with Gasteiger partial charge in [-0.15, -0.1) is 0 Å². The smallest absolute Gasteiger partial charge is 0.0698 e. The van der Waals surface area contributed by atoms with E-state index in [1.165, 1.54) is 28.0 Å². The molecule has 0 aliphatic carbocycles. The van der Waals surface area contributed by atoms with Gasteiger partial charge < -0.3 is 0 Å². The molecule has 0 aromatic carbocycles. The van der Waals surface area contributed by atoms with Crippen LogP contribution in [0.15, 0.2) is 63.4 Å². The van der Waals surface area contributed by atoms with Gasteiger partial charge in [0.1, 0.15) is 0 Å². The van der Waals surface area contributed by atoms with Crippen molar-refractivity contribution in [3.05, 3.63) is 58.4 Å². The topological polar surface area (TPSA) is 12.4 Å². The summed E-state index contributed by atoms with van der Waals surface area (Å²) in [4.78, 5) is 5.01. The lowest BCUT2D eigenvalue weighted by Gasteiger charge is -2.22. The molecule has 1 rings (SSSR count). The fraction of sp³-hybridized carbons (Fsp3) is 0.450. The molecule has 114 valence electrons. The molecule has 0 spiro atoms. The minimum Gasteiger partial charge on any atom is -0.248 e. The van der Waals surface area contributed by atoms with Crippen LogP contribution in [0.2, 0.25) is 0 Å². The van der Waals surface area contributed by atoms with Crippen LogP contribution in [0, 0.1) is 0 Å². The molecule has 0 aromatic rings. The van der Waals surface area contributed by atoms with Gasteiger partial charge in [-0.1, -0.05) is 44.2 Å². The normalized spacial score (nSPS) is 19.7. The second-order valence-electron chi connectivity index (χ2n) is 5.42. The van der Waals surface area contributed by atoms with Crippen molar-refractivity contribution in [2.24, 2.45) is 4.99 Å². The molecule has 1 nitrogen and oxygen atoms in total. The van der Waals surface area contributed by atoms with E-state index in [1.54, 1.807) is 0 Å². The van der Waals surface area contributed by atoms with Crippen LogP contribution < -0.4 is 0 Å². The van der Waals surface area contributed by atoms with Gasteiger partial charge in [-0.2, -0.15) is 0 Å². The van der Waals surface area contributed by atoms with Crippen molar-refractivity contribution >= 4 is 5.71 Å². The van der Waals surface area contributed by atoms with Gasteiger partial charge in [-0.05, 0) is 62.8 Å². The molecule has 0 amide bonds. The Labute approximate surface area is 130 Å². The van der Waals surface area contributed by atoms with Crippen LogP contribution >= 0.6 is 0 Å². The third-order valence-electron chi connectivity index (χ3n) is 3.72. The first-order valence-corrected chi connectivity index (χ1v) is 8.03. The summed E-state index contributed by atoms with van der Waals surface area (Å²) in [5.41, 5.74) is 7.53. The van der Waals surface area contributed by atoms with E-state index < -0.39 is 0 Å². The van der Waals surface area contributed by atoms with Crippen molar-refractivity contribution in [2.75, 3.05) is 0 Å². The SMILES string of the molecule is CC=C(C)C1=C(/C=C\C)C/C(=C/CC)C(C(C)=CCC)=N1. The monoisotopic (exact) mass is 283 g/mol. The third-order valence-corrected chi connectivity index (χ3v) is 3.72. The molecule has 0 radical (unpaired) electrons. The molecule has 0 bridgehead atoms. The summed E-state index contributed by atoms with van der Waals surface area (Å²) in [5.74, 6) is 0. The number of hydrogen-bond acceptors (Lipinski definition) is 1. The molecule has 0 N–H and O–H groups in total. The first kappa shape index (κ1) is 17.4. The summed E-state index contributed by atoms with van der Waals surface area (Å²) in [6.07, 6.45) is 14.1. The molecule has 1 heterocycles. The summed E-state index contributed by atoms with van der Waals surface area (Å²) in [7, 11) is 0. The Morgan fingerprint density at radius 1 is 1.10 bits per heavy atom. The number of hydrogen-bond donors (Lipinski definition) is 0. The van der Waals surface area contributed by atoms with Gasteiger partial charge in [0, 0.05) is 6.42 Å². The molecule has 0 saturated heterocycles. The maximum atomic E-state index is 5.01. The van der Waals surface area contributed by atoms with E-state index in [0.717, 1.165) is 25.0 Å². The maximum Gasteiger partial charge on any atom is 0.0698 e. The molecule has 0 aromatic heterocycles. The van der Waals surface area contributed by atoms with Crippen LogP contribution in [0.5, 0.6) is 0 Å². The van der Waals surface area contributed by atoms with Crippen molar-refractivity contribution in [3.63, 3.8) is 0 Å². The Morgan fingerprint density at radius 3 is 2.33 bits per heavy atom. The van der Waals surface area contributed by atoms with E-state index in [9.17, 15) is 0 Å². The van der Waals surface area contributed by atoms with E-state index in [4.69, 9.17) is 4.99 Å². The van der Waals surface area contributed by atoms with E-state index in [0.29, 0.717) is 0 Å². The minimum absolute atomic E-state index is 0.979. The zero-order chi connectivity index (χ0) is 15.8. The van der Waals surface area contributed by atoms with Crippen LogP contribution in [-0.2, 0) is 0 Å². The lowest BCUT2D eigenvalue weighted by molar-refractivity contribution is 1.06. The number of aliphatic imine (C=N–C) groups is 1. The molecular formula is C20H29N. The summed E-state index contributed by atoms with van der Waals surface area (Å²) in [6.45, 7) is 12.8. The van der Waals surface area contributed by atoms with Crippen LogP contribution in [-0.4, -0.2) is 5.71 Å².